The molecular formula is C18H25ClFIN4O3. The molecule has 1 aromatic rings. The van der Waals surface area contributed by atoms with Crippen molar-refractivity contribution in [3.8, 4) is 6.01 Å². The molecule has 0 amide bonds. The predicted octanol–water partition coefficient (Wildman–Crippen LogP) is 2.28. The zero-order chi connectivity index (χ0) is 19.7. The summed E-state index contributed by atoms with van der Waals surface area (Å²) in [7, 11) is 0. The molecule has 1 N–H and O–H groups in total. The molecule has 28 heavy (non-hydrogen) atoms. The molecule has 0 aromatic carbocycles. The molecule has 3 saturated heterocycles. The van der Waals surface area contributed by atoms with Crippen molar-refractivity contribution >= 4 is 40.0 Å². The van der Waals surface area contributed by atoms with Crippen molar-refractivity contribution in [2.75, 3.05) is 51.0 Å². The van der Waals surface area contributed by atoms with E-state index in [4.69, 9.17) is 21.1 Å². The topological polar surface area (TPSA) is 71.0 Å². The lowest BCUT2D eigenvalue weighted by atomic mass is 9.95. The molecule has 3 aliphatic rings. The van der Waals surface area contributed by atoms with Gasteiger partial charge in [-0.1, -0.05) is 11.6 Å². The fraction of sp³-hybridized carbons (Fsp3) is 0.778. The molecule has 1 aromatic heterocycles. The average Bonchev–Trinajstić information content (AvgIpc) is 3.07. The maximum atomic E-state index is 14.0. The summed E-state index contributed by atoms with van der Waals surface area (Å²) in [6.07, 6.45) is 2.51. The highest BCUT2D eigenvalue weighted by Crippen LogP contribution is 2.40. The number of alkyl halides is 1. The van der Waals surface area contributed by atoms with E-state index in [1.807, 2.05) is 4.90 Å². The van der Waals surface area contributed by atoms with Gasteiger partial charge in [0.2, 0.25) is 0 Å². The Kier molecular flexibility index (Phi) is 6.46. The van der Waals surface area contributed by atoms with E-state index in [-0.39, 0.29) is 24.2 Å². The van der Waals surface area contributed by atoms with E-state index in [1.54, 1.807) is 0 Å². The van der Waals surface area contributed by atoms with Gasteiger partial charge in [-0.3, -0.25) is 4.90 Å². The third kappa shape index (κ3) is 4.05. The molecule has 0 spiro atoms. The van der Waals surface area contributed by atoms with Crippen LogP contribution < -0.4 is 9.64 Å². The SMILES string of the molecule is OC[C@@H]1COCCCN1c1nc(OC[C@@]23CCCN2C[C@H](F)C3)nc(Cl)c1I. The van der Waals surface area contributed by atoms with Crippen LogP contribution in [0.4, 0.5) is 10.2 Å². The van der Waals surface area contributed by atoms with Gasteiger partial charge in [0.15, 0.2) is 11.0 Å². The molecule has 4 heterocycles. The number of halogens is 3. The summed E-state index contributed by atoms with van der Waals surface area (Å²) in [5.41, 5.74) is -0.261. The monoisotopic (exact) mass is 526 g/mol. The molecule has 0 bridgehead atoms. The molecule has 0 unspecified atom stereocenters. The number of ether oxygens (including phenoxy) is 2. The van der Waals surface area contributed by atoms with Crippen LogP contribution in [0.2, 0.25) is 5.15 Å². The number of nitrogens with zero attached hydrogens (tertiary/aromatic N) is 4. The van der Waals surface area contributed by atoms with Crippen molar-refractivity contribution in [1.82, 2.24) is 14.9 Å². The van der Waals surface area contributed by atoms with Crippen molar-refractivity contribution < 1.29 is 19.0 Å². The van der Waals surface area contributed by atoms with Crippen LogP contribution in [0.15, 0.2) is 0 Å². The minimum atomic E-state index is -0.803. The van der Waals surface area contributed by atoms with E-state index in [2.05, 4.69) is 37.5 Å². The fourth-order valence-electron chi connectivity index (χ4n) is 4.55. The molecule has 0 radical (unpaired) electrons. The molecule has 156 valence electrons. The number of aromatic nitrogens is 2. The highest BCUT2D eigenvalue weighted by atomic mass is 127. The van der Waals surface area contributed by atoms with Crippen molar-refractivity contribution in [2.45, 2.75) is 43.4 Å². The molecule has 0 saturated carbocycles. The van der Waals surface area contributed by atoms with E-state index >= 15 is 0 Å². The lowest BCUT2D eigenvalue weighted by Gasteiger charge is -2.32. The van der Waals surface area contributed by atoms with Gasteiger partial charge in [-0.05, 0) is 48.4 Å². The van der Waals surface area contributed by atoms with E-state index in [1.165, 1.54) is 0 Å². The number of hydrogen-bond donors (Lipinski definition) is 1. The first-order valence-electron chi connectivity index (χ1n) is 9.72. The molecular weight excluding hydrogens is 502 g/mol. The second-order valence-electron chi connectivity index (χ2n) is 7.76. The predicted molar refractivity (Wildman–Crippen MR) is 112 cm³/mol. The number of anilines is 1. The quantitative estimate of drug-likeness (QED) is 0.466. The smallest absolute Gasteiger partial charge is 0.319 e. The van der Waals surface area contributed by atoms with Gasteiger partial charge in [0.25, 0.3) is 0 Å². The van der Waals surface area contributed by atoms with Crippen LogP contribution in [0.3, 0.4) is 0 Å². The summed E-state index contributed by atoms with van der Waals surface area (Å²) in [4.78, 5) is 13.1. The summed E-state index contributed by atoms with van der Waals surface area (Å²) in [5.74, 6) is 0.649. The Bertz CT molecular complexity index is 718. The van der Waals surface area contributed by atoms with Crippen LogP contribution >= 0.6 is 34.2 Å². The van der Waals surface area contributed by atoms with Crippen molar-refractivity contribution in [3.05, 3.63) is 8.72 Å². The number of aliphatic hydroxyl groups excluding tert-OH is 1. The Balaban J connectivity index is 1.55. The van der Waals surface area contributed by atoms with Gasteiger partial charge in [0.1, 0.15) is 12.8 Å². The van der Waals surface area contributed by atoms with Crippen molar-refractivity contribution in [2.24, 2.45) is 0 Å². The summed E-state index contributed by atoms with van der Waals surface area (Å²) in [5, 5.41) is 10.1. The molecule has 4 rings (SSSR count). The summed E-state index contributed by atoms with van der Waals surface area (Å²) in [6, 6.07) is 0.00619. The van der Waals surface area contributed by atoms with Crippen LogP contribution in [0, 0.1) is 3.57 Å². The number of rotatable bonds is 5. The Labute approximate surface area is 182 Å². The molecule has 3 fully saturated rings. The zero-order valence-electron chi connectivity index (χ0n) is 15.6. The van der Waals surface area contributed by atoms with Crippen LogP contribution in [-0.4, -0.2) is 83.8 Å². The lowest BCUT2D eigenvalue weighted by molar-refractivity contribution is 0.107. The minimum absolute atomic E-state index is 0.0378. The third-order valence-corrected chi connectivity index (χ3v) is 7.51. The number of aliphatic hydroxyl groups is 1. The summed E-state index contributed by atoms with van der Waals surface area (Å²) in [6.45, 7) is 3.49. The number of fused-ring (bicyclic) bond motifs is 1. The molecule has 3 atom stereocenters. The van der Waals surface area contributed by atoms with E-state index < -0.39 is 6.17 Å². The van der Waals surface area contributed by atoms with Gasteiger partial charge in [-0.2, -0.15) is 9.97 Å². The van der Waals surface area contributed by atoms with Crippen LogP contribution in [-0.2, 0) is 4.74 Å². The Morgan fingerprint density at radius 1 is 1.36 bits per heavy atom. The first-order chi connectivity index (χ1) is 13.5. The zero-order valence-corrected chi connectivity index (χ0v) is 18.5. The largest absolute Gasteiger partial charge is 0.461 e. The van der Waals surface area contributed by atoms with E-state index in [0.29, 0.717) is 50.3 Å². The van der Waals surface area contributed by atoms with Crippen molar-refractivity contribution in [1.29, 1.82) is 0 Å². The normalized spacial score (nSPS) is 31.1. The number of hydrogen-bond acceptors (Lipinski definition) is 7. The van der Waals surface area contributed by atoms with Gasteiger partial charge in [-0.15, -0.1) is 0 Å². The van der Waals surface area contributed by atoms with Gasteiger partial charge >= 0.3 is 6.01 Å². The first kappa shape index (κ1) is 20.8. The lowest BCUT2D eigenvalue weighted by Crippen LogP contribution is -2.44. The molecule has 3 aliphatic heterocycles. The maximum Gasteiger partial charge on any atom is 0.319 e. The third-order valence-electron chi connectivity index (χ3n) is 5.93. The second-order valence-corrected chi connectivity index (χ2v) is 9.19. The Morgan fingerprint density at radius 3 is 3.04 bits per heavy atom. The Hall–Kier alpha value is -0.490. The van der Waals surface area contributed by atoms with E-state index in [0.717, 1.165) is 29.4 Å². The van der Waals surface area contributed by atoms with Gasteiger partial charge < -0.3 is 19.5 Å². The molecule has 10 heteroatoms. The molecule has 0 aliphatic carbocycles. The summed E-state index contributed by atoms with van der Waals surface area (Å²) >= 11 is 8.49. The van der Waals surface area contributed by atoms with Crippen LogP contribution in [0.1, 0.15) is 25.7 Å². The van der Waals surface area contributed by atoms with Crippen molar-refractivity contribution in [3.63, 3.8) is 0 Å². The van der Waals surface area contributed by atoms with Gasteiger partial charge in [-0.25, -0.2) is 4.39 Å². The van der Waals surface area contributed by atoms with Gasteiger partial charge in [0.05, 0.1) is 28.4 Å². The minimum Gasteiger partial charge on any atom is -0.461 e. The fourth-order valence-corrected chi connectivity index (χ4v) is 5.26. The van der Waals surface area contributed by atoms with Crippen LogP contribution in [0.5, 0.6) is 6.01 Å². The highest BCUT2D eigenvalue weighted by molar-refractivity contribution is 14.1. The Morgan fingerprint density at radius 2 is 2.21 bits per heavy atom. The average molecular weight is 527 g/mol. The van der Waals surface area contributed by atoms with E-state index in [9.17, 15) is 9.50 Å². The second kappa shape index (κ2) is 8.71. The van der Waals surface area contributed by atoms with Crippen LogP contribution in [0.25, 0.3) is 0 Å². The highest BCUT2D eigenvalue weighted by Gasteiger charge is 2.49. The maximum absolute atomic E-state index is 14.0. The van der Waals surface area contributed by atoms with Gasteiger partial charge in [0, 0.05) is 26.1 Å². The standard InChI is InChI=1S/C18H25ClFIN4O3/c19-15-14(21)16(25-5-2-6-27-10-13(25)9-26)23-17(22-15)28-11-18-3-1-4-24(18)8-12(20)7-18/h12-13,26H,1-11H2/t12-,13-,18+/m1/s1. The summed E-state index contributed by atoms with van der Waals surface area (Å²) < 4.78 is 26.2. The molecule has 7 nitrogen and oxygen atoms in total. The first-order valence-corrected chi connectivity index (χ1v) is 11.2.